The third-order valence-electron chi connectivity index (χ3n) is 6.57. The highest BCUT2D eigenvalue weighted by molar-refractivity contribution is 6.06. The summed E-state index contributed by atoms with van der Waals surface area (Å²) in [7, 11) is 0. The van der Waals surface area contributed by atoms with E-state index in [4.69, 9.17) is 16.0 Å². The number of hydrogen-bond donors (Lipinski definition) is 6. The van der Waals surface area contributed by atoms with E-state index in [-0.39, 0.29) is 58.4 Å². The number of nitrogens with zero attached hydrogens (tertiary/aromatic N) is 2. The van der Waals surface area contributed by atoms with Crippen LogP contribution >= 0.6 is 0 Å². The number of carbonyl (C=O) groups is 3. The Labute approximate surface area is 244 Å². The second kappa shape index (κ2) is 14.7. The van der Waals surface area contributed by atoms with Crippen LogP contribution in [0.4, 0.5) is 5.69 Å². The average molecular weight is 579 g/mol. The number of anilines is 1. The number of guanidine groups is 1. The first-order chi connectivity index (χ1) is 20.0. The van der Waals surface area contributed by atoms with Crippen molar-refractivity contribution in [2.75, 3.05) is 11.9 Å². The minimum absolute atomic E-state index is 0.0232. The zero-order valence-corrected chi connectivity index (χ0v) is 24.1. The van der Waals surface area contributed by atoms with E-state index in [0.29, 0.717) is 24.1 Å². The summed E-state index contributed by atoms with van der Waals surface area (Å²) in [6.45, 7) is 5.86. The molecule has 0 bridgehead atoms. The summed E-state index contributed by atoms with van der Waals surface area (Å²) in [5.41, 5.74) is 12.7. The van der Waals surface area contributed by atoms with Crippen LogP contribution in [-0.2, 0) is 11.2 Å². The number of aliphatic imine (C=N–C) groups is 1. The van der Waals surface area contributed by atoms with Crippen molar-refractivity contribution in [3.05, 3.63) is 58.8 Å². The first-order valence-electron chi connectivity index (χ1n) is 13.9. The summed E-state index contributed by atoms with van der Waals surface area (Å²) in [5.74, 6) is -2.01. The number of rotatable bonds is 13. The second-order valence-electron chi connectivity index (χ2n) is 10.2. The Morgan fingerprint density at radius 3 is 2.33 bits per heavy atom. The highest BCUT2D eigenvalue weighted by Crippen LogP contribution is 2.41. The molecule has 8 N–H and O–H groups in total. The Bertz CT molecular complexity index is 1440. The topological polar surface area (TPSA) is 206 Å². The molecule has 1 aromatic heterocycles. The van der Waals surface area contributed by atoms with Gasteiger partial charge in [0.05, 0.1) is 5.56 Å². The van der Waals surface area contributed by atoms with Crippen LogP contribution < -0.4 is 22.1 Å². The van der Waals surface area contributed by atoms with Gasteiger partial charge in [0.25, 0.3) is 11.8 Å². The van der Waals surface area contributed by atoms with Crippen molar-refractivity contribution in [2.45, 2.75) is 65.2 Å². The normalized spacial score (nSPS) is 10.9. The summed E-state index contributed by atoms with van der Waals surface area (Å²) in [4.78, 5) is 40.9. The Balaban J connectivity index is 1.59. The number of aromatic hydroxyl groups is 2. The molecule has 0 fully saturated rings. The number of phenolic OH excluding ortho intramolecular Hbond substituents is 2. The van der Waals surface area contributed by atoms with Gasteiger partial charge in [0.15, 0.2) is 17.4 Å². The molecule has 0 atom stereocenters. The molecule has 1 heterocycles. The molecule has 0 aliphatic heterocycles. The van der Waals surface area contributed by atoms with E-state index >= 15 is 0 Å². The Morgan fingerprint density at radius 2 is 1.69 bits per heavy atom. The van der Waals surface area contributed by atoms with Gasteiger partial charge in [0.1, 0.15) is 17.2 Å². The van der Waals surface area contributed by atoms with Crippen LogP contribution in [0.15, 0.2) is 45.9 Å². The van der Waals surface area contributed by atoms with Gasteiger partial charge in [-0.15, -0.1) is 0 Å². The van der Waals surface area contributed by atoms with Crippen molar-refractivity contribution in [2.24, 2.45) is 16.5 Å². The number of nitrogens with one attached hydrogen (secondary N) is 2. The molecule has 224 valence electrons. The fraction of sp³-hybridized carbons (Fsp3) is 0.367. The molecule has 12 heteroatoms. The fourth-order valence-corrected chi connectivity index (χ4v) is 4.39. The zero-order chi connectivity index (χ0) is 30.8. The number of benzene rings is 2. The number of carbonyl (C=O) groups excluding carboxylic acids is 3. The van der Waals surface area contributed by atoms with Crippen LogP contribution in [0.2, 0.25) is 0 Å². The number of amides is 3. The van der Waals surface area contributed by atoms with Crippen molar-refractivity contribution in [3.63, 3.8) is 0 Å². The predicted molar refractivity (Wildman–Crippen MR) is 159 cm³/mol. The van der Waals surface area contributed by atoms with E-state index in [9.17, 15) is 24.6 Å². The van der Waals surface area contributed by atoms with Gasteiger partial charge in [-0.25, -0.2) is 0 Å². The molecule has 0 saturated heterocycles. The lowest BCUT2D eigenvalue weighted by Crippen LogP contribution is -2.25. The van der Waals surface area contributed by atoms with Gasteiger partial charge in [-0.05, 0) is 61.4 Å². The summed E-state index contributed by atoms with van der Waals surface area (Å²) >= 11 is 0. The van der Waals surface area contributed by atoms with E-state index in [1.807, 2.05) is 26.0 Å². The third-order valence-corrected chi connectivity index (χ3v) is 6.57. The van der Waals surface area contributed by atoms with Gasteiger partial charge in [-0.3, -0.25) is 14.4 Å². The number of nitrogens with two attached hydrogens (primary N) is 2. The quantitative estimate of drug-likeness (QED) is 0.0976. The largest absolute Gasteiger partial charge is 0.508 e. The van der Waals surface area contributed by atoms with Crippen LogP contribution in [-0.4, -0.2) is 45.6 Å². The maximum absolute atomic E-state index is 12.9. The van der Waals surface area contributed by atoms with Gasteiger partial charge in [-0.2, -0.15) is 4.99 Å². The molecule has 3 rings (SSSR count). The summed E-state index contributed by atoms with van der Waals surface area (Å²) < 4.78 is 5.44. The van der Waals surface area contributed by atoms with E-state index in [0.717, 1.165) is 31.2 Å². The fourth-order valence-electron chi connectivity index (χ4n) is 4.39. The summed E-state index contributed by atoms with van der Waals surface area (Å²) in [5, 5.41) is 30.0. The first kappa shape index (κ1) is 31.7. The molecule has 0 aliphatic rings. The van der Waals surface area contributed by atoms with Gasteiger partial charge in [-0.1, -0.05) is 44.0 Å². The first-order valence-corrected chi connectivity index (χ1v) is 13.9. The van der Waals surface area contributed by atoms with Crippen LogP contribution in [0, 0.1) is 0 Å². The Kier molecular flexibility index (Phi) is 11.1. The maximum atomic E-state index is 12.9. The van der Waals surface area contributed by atoms with E-state index in [1.165, 1.54) is 6.07 Å². The van der Waals surface area contributed by atoms with Crippen molar-refractivity contribution in [3.8, 4) is 22.8 Å². The molecule has 0 saturated carbocycles. The van der Waals surface area contributed by atoms with Gasteiger partial charge < -0.3 is 36.8 Å². The van der Waals surface area contributed by atoms with Gasteiger partial charge in [0.2, 0.25) is 5.91 Å². The Morgan fingerprint density at radius 1 is 1.00 bits per heavy atom. The lowest BCUT2D eigenvalue weighted by molar-refractivity contribution is -0.116. The molecular weight excluding hydrogens is 540 g/mol. The molecule has 0 unspecified atom stereocenters. The van der Waals surface area contributed by atoms with Gasteiger partial charge >= 0.3 is 0 Å². The molecule has 2 aromatic carbocycles. The highest BCUT2D eigenvalue weighted by Gasteiger charge is 2.27. The van der Waals surface area contributed by atoms with Crippen LogP contribution in [0.5, 0.6) is 11.5 Å². The van der Waals surface area contributed by atoms with Crippen LogP contribution in [0.25, 0.3) is 11.3 Å². The average Bonchev–Trinajstić information content (AvgIpc) is 3.33. The van der Waals surface area contributed by atoms with Crippen molar-refractivity contribution in [1.29, 1.82) is 0 Å². The standard InChI is InChI=1S/C30H38N6O6/c1-4-33-29(41)26-25(27(42-36-26)21-15-20(17(2)3)22(37)16-23(21)38)34-24(39)10-8-6-5-7-9-18-11-13-19(14-12-18)28(40)35-30(31)32/h11-17,37-38H,4-10H2,1-3H3,(H,33,41)(H,34,39)(H4,31,32,35,40). The van der Waals surface area contributed by atoms with Crippen LogP contribution in [0.3, 0.4) is 0 Å². The van der Waals surface area contributed by atoms with E-state index < -0.39 is 11.8 Å². The minimum atomic E-state index is -0.529. The lowest BCUT2D eigenvalue weighted by Gasteiger charge is -2.13. The summed E-state index contributed by atoms with van der Waals surface area (Å²) in [6, 6.07) is 9.85. The molecule has 3 amide bonds. The third kappa shape index (κ3) is 8.32. The minimum Gasteiger partial charge on any atom is -0.508 e. The Hall–Kier alpha value is -4.87. The van der Waals surface area contributed by atoms with Crippen molar-refractivity contribution < 1.29 is 29.1 Å². The molecule has 12 nitrogen and oxygen atoms in total. The molecule has 42 heavy (non-hydrogen) atoms. The number of hydrogen-bond acceptors (Lipinski definition) is 7. The number of unbranched alkanes of at least 4 members (excludes halogenated alkanes) is 3. The molecule has 0 aliphatic carbocycles. The SMILES string of the molecule is CCNC(=O)c1noc(-c2cc(C(C)C)c(O)cc2O)c1NC(=O)CCCCCCc1ccc(C(=O)N=C(N)N)cc1. The summed E-state index contributed by atoms with van der Waals surface area (Å²) in [6.07, 6.45) is 4.25. The number of phenols is 2. The number of aromatic nitrogens is 1. The smallest absolute Gasteiger partial charge is 0.280 e. The van der Waals surface area contributed by atoms with Gasteiger partial charge in [0, 0.05) is 24.6 Å². The van der Waals surface area contributed by atoms with Crippen molar-refractivity contribution >= 4 is 29.4 Å². The monoisotopic (exact) mass is 578 g/mol. The predicted octanol–water partition coefficient (Wildman–Crippen LogP) is 4.17. The molecule has 3 aromatic rings. The molecule has 0 spiro atoms. The molecular formula is C30H38N6O6. The van der Waals surface area contributed by atoms with Crippen molar-refractivity contribution in [1.82, 2.24) is 10.5 Å². The lowest BCUT2D eigenvalue weighted by atomic mass is 9.97. The number of aryl methyl sites for hydroxylation is 1. The molecule has 0 radical (unpaired) electrons. The second-order valence-corrected chi connectivity index (χ2v) is 10.2. The van der Waals surface area contributed by atoms with E-state index in [2.05, 4.69) is 20.8 Å². The van der Waals surface area contributed by atoms with Crippen LogP contribution in [0.1, 0.15) is 90.8 Å². The van der Waals surface area contributed by atoms with E-state index in [1.54, 1.807) is 25.1 Å². The maximum Gasteiger partial charge on any atom is 0.280 e. The highest BCUT2D eigenvalue weighted by atomic mass is 16.5. The zero-order valence-electron chi connectivity index (χ0n) is 24.1.